The minimum Gasteiger partial charge on any atom is -0.441 e. The monoisotopic (exact) mass is 268 g/mol. The summed E-state index contributed by atoms with van der Waals surface area (Å²) >= 11 is 5.93. The topological polar surface area (TPSA) is 55.6 Å². The maximum Gasteiger partial charge on any atom is 0.415 e. The van der Waals surface area contributed by atoms with E-state index in [0.29, 0.717) is 18.1 Å². The predicted molar refractivity (Wildman–Crippen MR) is 72.0 cm³/mol. The van der Waals surface area contributed by atoms with Crippen LogP contribution in [-0.2, 0) is 4.74 Å². The maximum atomic E-state index is 11.9. The summed E-state index contributed by atoms with van der Waals surface area (Å²) in [6, 6.07) is 7.21. The van der Waals surface area contributed by atoms with Gasteiger partial charge in [0.1, 0.15) is 5.60 Å². The van der Waals surface area contributed by atoms with Crippen LogP contribution in [0, 0.1) is 0 Å². The van der Waals surface area contributed by atoms with Crippen molar-refractivity contribution in [1.29, 1.82) is 0 Å². The molecular formula is C13H17ClN2O2. The zero-order chi connectivity index (χ0) is 13.2. The van der Waals surface area contributed by atoms with Crippen LogP contribution in [0.4, 0.5) is 10.5 Å². The summed E-state index contributed by atoms with van der Waals surface area (Å²) in [5.74, 6) is 0. The van der Waals surface area contributed by atoms with Crippen molar-refractivity contribution < 1.29 is 9.53 Å². The molecule has 0 aliphatic carbocycles. The SMILES string of the molecule is CC1(CCCN)CN(c2cccc(Cl)c2)C(=O)O1. The van der Waals surface area contributed by atoms with Crippen molar-refractivity contribution in [3.05, 3.63) is 29.3 Å². The first kappa shape index (κ1) is 13.2. The first-order chi connectivity index (χ1) is 8.54. The summed E-state index contributed by atoms with van der Waals surface area (Å²) < 4.78 is 5.45. The van der Waals surface area contributed by atoms with Gasteiger partial charge < -0.3 is 10.5 Å². The molecule has 1 amide bonds. The van der Waals surface area contributed by atoms with E-state index in [9.17, 15) is 4.79 Å². The van der Waals surface area contributed by atoms with E-state index in [0.717, 1.165) is 18.5 Å². The van der Waals surface area contributed by atoms with Gasteiger partial charge in [0, 0.05) is 10.7 Å². The van der Waals surface area contributed by atoms with Gasteiger partial charge in [-0.25, -0.2) is 4.79 Å². The molecule has 18 heavy (non-hydrogen) atoms. The van der Waals surface area contributed by atoms with Gasteiger partial charge in [-0.3, -0.25) is 4.90 Å². The maximum absolute atomic E-state index is 11.9. The van der Waals surface area contributed by atoms with Crippen LogP contribution in [0.5, 0.6) is 0 Å². The first-order valence-electron chi connectivity index (χ1n) is 6.00. The van der Waals surface area contributed by atoms with Crippen molar-refractivity contribution in [3.8, 4) is 0 Å². The van der Waals surface area contributed by atoms with Gasteiger partial charge in [-0.1, -0.05) is 17.7 Å². The summed E-state index contributed by atoms with van der Waals surface area (Å²) in [6.07, 6.45) is 1.29. The second kappa shape index (κ2) is 5.16. The Kier molecular flexibility index (Phi) is 3.78. The second-order valence-corrected chi connectivity index (χ2v) is 5.21. The first-order valence-corrected chi connectivity index (χ1v) is 6.38. The summed E-state index contributed by atoms with van der Waals surface area (Å²) in [7, 11) is 0. The van der Waals surface area contributed by atoms with Crippen LogP contribution in [0.1, 0.15) is 19.8 Å². The number of anilines is 1. The number of carbonyl (C=O) groups is 1. The lowest BCUT2D eigenvalue weighted by Crippen LogP contribution is -2.31. The fraction of sp³-hybridized carbons (Fsp3) is 0.462. The fourth-order valence-corrected chi connectivity index (χ4v) is 2.33. The van der Waals surface area contributed by atoms with Gasteiger partial charge >= 0.3 is 6.09 Å². The van der Waals surface area contributed by atoms with Gasteiger partial charge in [0.2, 0.25) is 0 Å². The number of hydrogen-bond acceptors (Lipinski definition) is 3. The number of rotatable bonds is 4. The van der Waals surface area contributed by atoms with Gasteiger partial charge in [-0.05, 0) is 44.5 Å². The lowest BCUT2D eigenvalue weighted by atomic mass is 10.00. The van der Waals surface area contributed by atoms with E-state index in [4.69, 9.17) is 22.1 Å². The number of benzene rings is 1. The standard InChI is InChI=1S/C13H17ClN2O2/c1-13(6-3-7-15)9-16(12(17)18-13)11-5-2-4-10(14)8-11/h2,4-5,8H,3,6-7,9,15H2,1H3. The van der Waals surface area contributed by atoms with Gasteiger partial charge in [-0.2, -0.15) is 0 Å². The number of halogens is 1. The molecule has 1 saturated heterocycles. The molecule has 0 aromatic heterocycles. The highest BCUT2D eigenvalue weighted by Gasteiger charge is 2.41. The molecule has 2 rings (SSSR count). The average Bonchev–Trinajstić information content (AvgIpc) is 2.63. The lowest BCUT2D eigenvalue weighted by Gasteiger charge is -2.21. The molecule has 1 aliphatic rings. The van der Waals surface area contributed by atoms with E-state index >= 15 is 0 Å². The van der Waals surface area contributed by atoms with Gasteiger partial charge in [0.05, 0.1) is 6.54 Å². The van der Waals surface area contributed by atoms with E-state index in [2.05, 4.69) is 0 Å². The van der Waals surface area contributed by atoms with E-state index in [1.807, 2.05) is 19.1 Å². The third-order valence-electron chi connectivity index (χ3n) is 3.08. The number of hydrogen-bond donors (Lipinski definition) is 1. The highest BCUT2D eigenvalue weighted by molar-refractivity contribution is 6.30. The fourth-order valence-electron chi connectivity index (χ4n) is 2.14. The predicted octanol–water partition coefficient (Wildman–Crippen LogP) is 2.79. The molecule has 5 heteroatoms. The molecule has 1 unspecified atom stereocenters. The Morgan fingerprint density at radius 3 is 3.00 bits per heavy atom. The quantitative estimate of drug-likeness (QED) is 0.914. The molecule has 0 radical (unpaired) electrons. The van der Waals surface area contributed by atoms with Crippen molar-refractivity contribution in [2.45, 2.75) is 25.4 Å². The Balaban J connectivity index is 2.14. The summed E-state index contributed by atoms with van der Waals surface area (Å²) in [5, 5.41) is 0.607. The average molecular weight is 269 g/mol. The van der Waals surface area contributed by atoms with Crippen molar-refractivity contribution in [3.63, 3.8) is 0 Å². The van der Waals surface area contributed by atoms with Crippen LogP contribution in [-0.4, -0.2) is 24.8 Å². The molecule has 1 aromatic carbocycles. The molecule has 1 fully saturated rings. The smallest absolute Gasteiger partial charge is 0.415 e. The number of nitrogens with two attached hydrogens (primary N) is 1. The Morgan fingerprint density at radius 1 is 1.56 bits per heavy atom. The van der Waals surface area contributed by atoms with E-state index in [1.54, 1.807) is 17.0 Å². The minimum absolute atomic E-state index is 0.322. The van der Waals surface area contributed by atoms with Crippen LogP contribution in [0.25, 0.3) is 0 Å². The van der Waals surface area contributed by atoms with E-state index in [-0.39, 0.29) is 6.09 Å². The summed E-state index contributed by atoms with van der Waals surface area (Å²) in [6.45, 7) is 3.07. The third-order valence-corrected chi connectivity index (χ3v) is 3.31. The molecule has 1 aliphatic heterocycles. The van der Waals surface area contributed by atoms with Gasteiger partial charge in [0.15, 0.2) is 0 Å². The van der Waals surface area contributed by atoms with Crippen LogP contribution < -0.4 is 10.6 Å². The highest BCUT2D eigenvalue weighted by atomic mass is 35.5. The zero-order valence-electron chi connectivity index (χ0n) is 10.4. The van der Waals surface area contributed by atoms with Crippen LogP contribution in [0.15, 0.2) is 24.3 Å². The largest absolute Gasteiger partial charge is 0.441 e. The number of nitrogens with zero attached hydrogens (tertiary/aromatic N) is 1. The lowest BCUT2D eigenvalue weighted by molar-refractivity contribution is 0.0640. The van der Waals surface area contributed by atoms with Crippen molar-refractivity contribution in [2.75, 3.05) is 18.0 Å². The molecule has 0 spiro atoms. The number of carbonyl (C=O) groups excluding carboxylic acids is 1. The molecule has 1 atom stereocenters. The number of ether oxygens (including phenoxy) is 1. The van der Waals surface area contributed by atoms with Crippen molar-refractivity contribution >= 4 is 23.4 Å². The minimum atomic E-state index is -0.460. The summed E-state index contributed by atoms with van der Waals surface area (Å²) in [5.41, 5.74) is 5.80. The number of cyclic esters (lactones) is 1. The summed E-state index contributed by atoms with van der Waals surface area (Å²) in [4.78, 5) is 13.5. The molecule has 1 aromatic rings. The molecule has 98 valence electrons. The highest BCUT2D eigenvalue weighted by Crippen LogP contribution is 2.31. The Hall–Kier alpha value is -1.26. The Labute approximate surface area is 112 Å². The normalized spacial score (nSPS) is 23.3. The molecular weight excluding hydrogens is 252 g/mol. The van der Waals surface area contributed by atoms with E-state index in [1.165, 1.54) is 0 Å². The zero-order valence-corrected chi connectivity index (χ0v) is 11.1. The van der Waals surface area contributed by atoms with Crippen LogP contribution in [0.2, 0.25) is 5.02 Å². The van der Waals surface area contributed by atoms with Crippen LogP contribution >= 0.6 is 11.6 Å². The molecule has 1 heterocycles. The molecule has 2 N–H and O–H groups in total. The Morgan fingerprint density at radius 2 is 2.33 bits per heavy atom. The molecule has 0 saturated carbocycles. The van der Waals surface area contributed by atoms with Crippen molar-refractivity contribution in [2.24, 2.45) is 5.73 Å². The molecule has 4 nitrogen and oxygen atoms in total. The number of amides is 1. The van der Waals surface area contributed by atoms with Crippen molar-refractivity contribution in [1.82, 2.24) is 0 Å². The third kappa shape index (κ3) is 2.76. The Bertz CT molecular complexity index is 452. The van der Waals surface area contributed by atoms with Crippen LogP contribution in [0.3, 0.4) is 0 Å². The van der Waals surface area contributed by atoms with Gasteiger partial charge in [0.25, 0.3) is 0 Å². The van der Waals surface area contributed by atoms with E-state index < -0.39 is 5.60 Å². The second-order valence-electron chi connectivity index (χ2n) is 4.78. The van der Waals surface area contributed by atoms with Gasteiger partial charge in [-0.15, -0.1) is 0 Å². The molecule has 0 bridgehead atoms.